The van der Waals surface area contributed by atoms with Gasteiger partial charge in [-0.15, -0.1) is 0 Å². The molecule has 0 nitrogen and oxygen atoms in total. The second-order valence-corrected chi connectivity index (χ2v) is 0. The quantitative estimate of drug-likeness (QED) is 0.321. The van der Waals surface area contributed by atoms with Gasteiger partial charge in [0, 0.05) is 591 Å². The van der Waals surface area contributed by atoms with Crippen LogP contribution in [0.2, 0.25) is 0 Å². The molecule has 76 valence electrons. The van der Waals surface area contributed by atoms with Crippen molar-refractivity contribution in [1.82, 2.24) is 0 Å². The van der Waals surface area contributed by atoms with Crippen LogP contribution in [0, 0.1) is 591 Å². The molecule has 0 aromatic heterocycles. The summed E-state index contributed by atoms with van der Waals surface area (Å²) >= 11 is 0. The Balaban J connectivity index is 0. The van der Waals surface area contributed by atoms with Gasteiger partial charge in [0.1, 0.15) is 0 Å². The summed E-state index contributed by atoms with van der Waals surface area (Å²) in [5.41, 5.74) is 0. The largest absolute Gasteiger partial charge is 0 e. The van der Waals surface area contributed by atoms with E-state index in [2.05, 4.69) is 0 Å². The smallest absolute Gasteiger partial charge is 0 e. The molecule has 0 saturated heterocycles. The third-order valence-corrected chi connectivity index (χ3v) is 0. The molecule has 0 atom stereocenters. The molecule has 0 aliphatic rings. The molecule has 19 heteroatoms. The molecule has 0 rings (SSSR count). The SMILES string of the molecule is [U].[U].[U].[U].[U].[U].[U].[U].[U].[U].[U].[U].[U].[U].[U].[U].[U].[U].[U]. The zero-order valence-corrected chi connectivity index (χ0v) is 88.6. The maximum absolute atomic E-state index is 0. The molecule has 0 aromatic rings. The Morgan fingerprint density at radius 2 is 0.0526 bits per heavy atom. The molecule has 0 fully saturated rings. The summed E-state index contributed by atoms with van der Waals surface area (Å²) in [6.07, 6.45) is 0. The first-order chi connectivity index (χ1) is 0. The van der Waals surface area contributed by atoms with E-state index in [1.165, 1.54) is 0 Å². The summed E-state index contributed by atoms with van der Waals surface area (Å²) in [6.45, 7) is 0. The number of hydrogen-bond acceptors (Lipinski definition) is 0. The molecule has 0 unspecified atom stereocenters. The third kappa shape index (κ3) is 123. The Hall–Kier alpha value is 20.0. The molecule has 0 N–H and O–H groups in total. The zero-order valence-electron chi connectivity index (χ0n) is 9.50. The molecule has 0 saturated carbocycles. The monoisotopic (exact) mass is 4520 g/mol. The number of hydrogen-bond donors (Lipinski definition) is 0. The van der Waals surface area contributed by atoms with E-state index in [1.54, 1.807) is 0 Å². The van der Waals surface area contributed by atoms with E-state index in [4.69, 9.17) is 0 Å². The van der Waals surface area contributed by atoms with Gasteiger partial charge in [0.2, 0.25) is 0 Å². The van der Waals surface area contributed by atoms with E-state index in [1.807, 2.05) is 0 Å². The second-order valence-electron chi connectivity index (χ2n) is 0. The molecule has 0 spiro atoms. The van der Waals surface area contributed by atoms with Gasteiger partial charge in [-0.1, -0.05) is 0 Å². The van der Waals surface area contributed by atoms with Crippen molar-refractivity contribution in [2.24, 2.45) is 0 Å². The first-order valence-electron chi connectivity index (χ1n) is 0. The van der Waals surface area contributed by atoms with Crippen LogP contribution in [-0.2, 0) is 0 Å². The van der Waals surface area contributed by atoms with Crippen molar-refractivity contribution in [1.29, 1.82) is 0 Å². The van der Waals surface area contributed by atoms with Crippen LogP contribution in [0.4, 0.5) is 0 Å². The Bertz CT molecular complexity index is 0. The first-order valence-corrected chi connectivity index (χ1v) is 0. The van der Waals surface area contributed by atoms with Crippen LogP contribution in [0.3, 0.4) is 0 Å². The molecule has 0 heterocycles. The topological polar surface area (TPSA) is 0 Å². The molecule has 0 amide bonds. The fourth-order valence-electron chi connectivity index (χ4n) is 0. The van der Waals surface area contributed by atoms with Gasteiger partial charge in [0.25, 0.3) is 0 Å². The Kier molecular flexibility index (Phi) is 964. The van der Waals surface area contributed by atoms with Crippen LogP contribution in [0.25, 0.3) is 0 Å². The van der Waals surface area contributed by atoms with Crippen molar-refractivity contribution in [2.75, 3.05) is 0 Å². The fourth-order valence-corrected chi connectivity index (χ4v) is 0. The summed E-state index contributed by atoms with van der Waals surface area (Å²) in [4.78, 5) is 0. The second kappa shape index (κ2) is 130. The summed E-state index contributed by atoms with van der Waals surface area (Å²) in [7, 11) is 0. The van der Waals surface area contributed by atoms with Crippen molar-refractivity contribution >= 4 is 0 Å². The molecular formula is U19. The normalized spacial score (nSPS) is 0. The Morgan fingerprint density at radius 3 is 0.0526 bits per heavy atom. The van der Waals surface area contributed by atoms with E-state index in [9.17, 15) is 0 Å². The molecule has 0 bridgehead atoms. The van der Waals surface area contributed by atoms with Crippen molar-refractivity contribution in [3.8, 4) is 0 Å². The van der Waals surface area contributed by atoms with Crippen LogP contribution >= 0.6 is 0 Å². The molecular weight excluding hydrogens is 4520 g/mol. The number of rotatable bonds is 0. The van der Waals surface area contributed by atoms with Crippen LogP contribution in [-0.4, -0.2) is 0 Å². The van der Waals surface area contributed by atoms with Crippen molar-refractivity contribution in [3.05, 3.63) is 0 Å². The zero-order chi connectivity index (χ0) is 0. The molecule has 19 heavy (non-hydrogen) atoms. The van der Waals surface area contributed by atoms with Gasteiger partial charge in [-0.05, 0) is 0 Å². The Labute approximate surface area is 569 Å². The summed E-state index contributed by atoms with van der Waals surface area (Å²) in [5, 5.41) is 0. The minimum Gasteiger partial charge on any atom is 0 e. The predicted octanol–water partition coefficient (Wildman–Crippen LogP) is 0. The van der Waals surface area contributed by atoms with E-state index >= 15 is 0 Å². The van der Waals surface area contributed by atoms with Crippen LogP contribution < -0.4 is 0 Å². The van der Waals surface area contributed by atoms with E-state index in [0.29, 0.717) is 0 Å². The molecule has 0 radical (unpaired) electrons. The van der Waals surface area contributed by atoms with Crippen molar-refractivity contribution in [2.45, 2.75) is 0 Å². The van der Waals surface area contributed by atoms with Crippen molar-refractivity contribution in [3.63, 3.8) is 0 Å². The maximum Gasteiger partial charge on any atom is 0 e. The standard InChI is InChI=1S/19U. The van der Waals surface area contributed by atoms with E-state index in [0.717, 1.165) is 0 Å². The summed E-state index contributed by atoms with van der Waals surface area (Å²) in [5.74, 6) is 0. The van der Waals surface area contributed by atoms with Crippen molar-refractivity contribution < 1.29 is 591 Å². The van der Waals surface area contributed by atoms with Gasteiger partial charge < -0.3 is 0 Å². The third-order valence-electron chi connectivity index (χ3n) is 0. The summed E-state index contributed by atoms with van der Waals surface area (Å²) < 4.78 is 0. The van der Waals surface area contributed by atoms with E-state index < -0.39 is 0 Å². The van der Waals surface area contributed by atoms with Gasteiger partial charge in [0.15, 0.2) is 0 Å². The van der Waals surface area contributed by atoms with Gasteiger partial charge in [-0.25, -0.2) is 0 Å². The molecule has 0 aromatic carbocycles. The maximum atomic E-state index is 0. The first kappa shape index (κ1) is 141. The van der Waals surface area contributed by atoms with Crippen LogP contribution in [0.15, 0.2) is 0 Å². The van der Waals surface area contributed by atoms with Crippen LogP contribution in [0.1, 0.15) is 0 Å². The van der Waals surface area contributed by atoms with E-state index in [-0.39, 0.29) is 591 Å². The van der Waals surface area contributed by atoms with Crippen LogP contribution in [0.5, 0.6) is 0 Å². The average molecular weight is 4520 g/mol. The summed E-state index contributed by atoms with van der Waals surface area (Å²) in [6, 6.07) is 0. The molecule has 0 aliphatic heterocycles. The average Bonchev–Trinajstić information content (AvgIpc) is 0. The van der Waals surface area contributed by atoms with Gasteiger partial charge in [-0.3, -0.25) is 0 Å². The predicted molar refractivity (Wildman–Crippen MR) is 0 cm³/mol. The minimum atomic E-state index is 0. The van der Waals surface area contributed by atoms with Gasteiger partial charge in [0.05, 0.1) is 0 Å². The van der Waals surface area contributed by atoms with Gasteiger partial charge >= 0.3 is 0 Å². The fraction of sp³-hybridized carbons (Fsp3) is 0. The van der Waals surface area contributed by atoms with Gasteiger partial charge in [-0.2, -0.15) is 0 Å². The molecule has 0 aliphatic carbocycles. The minimum absolute atomic E-state index is 0. The Morgan fingerprint density at radius 1 is 0.0526 bits per heavy atom.